The first-order valence-electron chi connectivity index (χ1n) is 8.35. The summed E-state index contributed by atoms with van der Waals surface area (Å²) in [6, 6.07) is 14.1. The molecule has 0 radical (unpaired) electrons. The molecule has 1 aliphatic heterocycles. The van der Waals surface area contributed by atoms with Crippen molar-refractivity contribution in [1.29, 1.82) is 0 Å². The van der Waals surface area contributed by atoms with Crippen LogP contribution >= 0.6 is 0 Å². The maximum atomic E-state index is 11.7. The van der Waals surface area contributed by atoms with Crippen molar-refractivity contribution in [1.82, 2.24) is 14.5 Å². The number of rotatable bonds is 4. The van der Waals surface area contributed by atoms with Gasteiger partial charge in [-0.25, -0.2) is 12.7 Å². The lowest BCUT2D eigenvalue weighted by Gasteiger charge is -2.17. The van der Waals surface area contributed by atoms with E-state index in [2.05, 4.69) is 10.2 Å². The van der Waals surface area contributed by atoms with Gasteiger partial charge < -0.3 is 0 Å². The SMILES string of the molecule is CS(=O)(=O)N1CCC[C@H](Cc2ccc(-c3ccccc3)nn2)CC1. The van der Waals surface area contributed by atoms with Gasteiger partial charge in [0.25, 0.3) is 0 Å². The monoisotopic (exact) mass is 345 g/mol. The van der Waals surface area contributed by atoms with Crippen LogP contribution in [-0.2, 0) is 16.4 Å². The Kier molecular flexibility index (Phi) is 5.26. The van der Waals surface area contributed by atoms with E-state index >= 15 is 0 Å². The molecule has 0 saturated carbocycles. The van der Waals surface area contributed by atoms with Gasteiger partial charge in [0.2, 0.25) is 10.0 Å². The highest BCUT2D eigenvalue weighted by molar-refractivity contribution is 7.88. The zero-order chi connectivity index (χ0) is 17.0. The van der Waals surface area contributed by atoms with Gasteiger partial charge in [-0.05, 0) is 43.7 Å². The van der Waals surface area contributed by atoms with Crippen LogP contribution in [0.4, 0.5) is 0 Å². The van der Waals surface area contributed by atoms with E-state index in [0.717, 1.165) is 42.6 Å². The van der Waals surface area contributed by atoms with Crippen molar-refractivity contribution >= 4 is 10.0 Å². The molecule has 0 N–H and O–H groups in total. The summed E-state index contributed by atoms with van der Waals surface area (Å²) in [6.45, 7) is 1.24. The van der Waals surface area contributed by atoms with Gasteiger partial charge >= 0.3 is 0 Å². The van der Waals surface area contributed by atoms with Crippen molar-refractivity contribution in [3.8, 4) is 11.3 Å². The fourth-order valence-electron chi connectivity index (χ4n) is 3.20. The van der Waals surface area contributed by atoms with Gasteiger partial charge in [0, 0.05) is 18.7 Å². The number of aromatic nitrogens is 2. The van der Waals surface area contributed by atoms with E-state index in [0.29, 0.717) is 19.0 Å². The molecule has 1 saturated heterocycles. The van der Waals surface area contributed by atoms with Crippen molar-refractivity contribution in [2.75, 3.05) is 19.3 Å². The molecule has 0 unspecified atom stereocenters. The van der Waals surface area contributed by atoms with E-state index in [9.17, 15) is 8.42 Å². The van der Waals surface area contributed by atoms with Crippen LogP contribution in [0.1, 0.15) is 25.0 Å². The van der Waals surface area contributed by atoms with E-state index in [1.54, 1.807) is 4.31 Å². The predicted molar refractivity (Wildman–Crippen MR) is 94.9 cm³/mol. The van der Waals surface area contributed by atoms with Gasteiger partial charge in [-0.2, -0.15) is 10.2 Å². The Morgan fingerprint density at radius 2 is 1.83 bits per heavy atom. The molecule has 0 bridgehead atoms. The molecule has 1 atom stereocenters. The summed E-state index contributed by atoms with van der Waals surface area (Å²) in [7, 11) is -3.08. The Morgan fingerprint density at radius 1 is 1.04 bits per heavy atom. The summed E-state index contributed by atoms with van der Waals surface area (Å²) >= 11 is 0. The molecule has 0 spiro atoms. The van der Waals surface area contributed by atoms with E-state index in [1.807, 2.05) is 42.5 Å². The summed E-state index contributed by atoms with van der Waals surface area (Å²) in [4.78, 5) is 0. The van der Waals surface area contributed by atoms with E-state index in [1.165, 1.54) is 6.26 Å². The van der Waals surface area contributed by atoms with Crippen molar-refractivity contribution in [2.24, 2.45) is 5.92 Å². The summed E-state index contributed by atoms with van der Waals surface area (Å²) in [5.74, 6) is 0.466. The second-order valence-corrected chi connectivity index (χ2v) is 8.42. The van der Waals surface area contributed by atoms with Gasteiger partial charge in [-0.3, -0.25) is 0 Å². The molecule has 1 aliphatic rings. The maximum absolute atomic E-state index is 11.7. The third-order valence-corrected chi connectivity index (χ3v) is 5.87. The topological polar surface area (TPSA) is 63.2 Å². The van der Waals surface area contributed by atoms with Crippen LogP contribution in [0.15, 0.2) is 42.5 Å². The lowest BCUT2D eigenvalue weighted by Crippen LogP contribution is -2.30. The summed E-state index contributed by atoms with van der Waals surface area (Å²) < 4.78 is 25.0. The van der Waals surface area contributed by atoms with Crippen LogP contribution in [0.3, 0.4) is 0 Å². The molecule has 24 heavy (non-hydrogen) atoms. The third kappa shape index (κ3) is 4.39. The molecule has 3 rings (SSSR count). The number of nitrogens with zero attached hydrogens (tertiary/aromatic N) is 3. The average Bonchev–Trinajstić information content (AvgIpc) is 2.82. The van der Waals surface area contributed by atoms with Crippen molar-refractivity contribution < 1.29 is 8.42 Å². The molecule has 1 aromatic carbocycles. The molecule has 0 amide bonds. The highest BCUT2D eigenvalue weighted by atomic mass is 32.2. The normalized spacial score (nSPS) is 19.8. The fraction of sp³-hybridized carbons (Fsp3) is 0.444. The van der Waals surface area contributed by atoms with Crippen LogP contribution in [0, 0.1) is 5.92 Å². The largest absolute Gasteiger partial charge is 0.213 e. The van der Waals surface area contributed by atoms with Gasteiger partial charge in [0.15, 0.2) is 0 Å². The van der Waals surface area contributed by atoms with Crippen LogP contribution in [-0.4, -0.2) is 42.3 Å². The van der Waals surface area contributed by atoms with Crippen LogP contribution in [0.2, 0.25) is 0 Å². The van der Waals surface area contributed by atoms with Crippen LogP contribution in [0.25, 0.3) is 11.3 Å². The zero-order valence-electron chi connectivity index (χ0n) is 13.9. The zero-order valence-corrected chi connectivity index (χ0v) is 14.7. The molecule has 0 aliphatic carbocycles. The second kappa shape index (κ2) is 7.40. The first-order chi connectivity index (χ1) is 11.5. The van der Waals surface area contributed by atoms with Crippen LogP contribution < -0.4 is 0 Å². The van der Waals surface area contributed by atoms with Crippen molar-refractivity contribution in [3.63, 3.8) is 0 Å². The van der Waals surface area contributed by atoms with E-state index < -0.39 is 10.0 Å². The molecule has 5 nitrogen and oxygen atoms in total. The second-order valence-electron chi connectivity index (χ2n) is 6.44. The summed E-state index contributed by atoms with van der Waals surface area (Å²) in [5, 5.41) is 8.70. The maximum Gasteiger partial charge on any atom is 0.211 e. The molecule has 128 valence electrons. The first-order valence-corrected chi connectivity index (χ1v) is 10.2. The molecule has 2 heterocycles. The molecular formula is C18H23N3O2S. The molecule has 2 aromatic rings. The van der Waals surface area contributed by atoms with E-state index in [4.69, 9.17) is 0 Å². The Bertz CT molecular complexity index is 761. The number of hydrogen-bond donors (Lipinski definition) is 0. The smallest absolute Gasteiger partial charge is 0.211 e. The minimum Gasteiger partial charge on any atom is -0.213 e. The van der Waals surface area contributed by atoms with Gasteiger partial charge in [0.1, 0.15) is 0 Å². The quantitative estimate of drug-likeness (QED) is 0.855. The number of benzene rings is 1. The molecule has 1 aromatic heterocycles. The predicted octanol–water partition coefficient (Wildman–Crippen LogP) is 2.75. The molecule has 1 fully saturated rings. The van der Waals surface area contributed by atoms with Crippen molar-refractivity contribution in [3.05, 3.63) is 48.2 Å². The third-order valence-electron chi connectivity index (χ3n) is 4.56. The lowest BCUT2D eigenvalue weighted by molar-refractivity contribution is 0.412. The highest BCUT2D eigenvalue weighted by Crippen LogP contribution is 2.23. The van der Waals surface area contributed by atoms with Gasteiger partial charge in [-0.15, -0.1) is 0 Å². The Labute approximate surface area is 143 Å². The molecule has 6 heteroatoms. The number of sulfonamides is 1. The lowest BCUT2D eigenvalue weighted by atomic mass is 9.95. The van der Waals surface area contributed by atoms with Crippen molar-refractivity contribution in [2.45, 2.75) is 25.7 Å². The Balaban J connectivity index is 1.62. The number of hydrogen-bond acceptors (Lipinski definition) is 4. The summed E-state index contributed by atoms with van der Waals surface area (Å²) in [5.41, 5.74) is 2.92. The standard InChI is InChI=1S/C18H23N3O2S/c1-24(22,23)21-12-5-6-15(11-13-21)14-17-9-10-18(20-19-17)16-7-3-2-4-8-16/h2-4,7-10,15H,5-6,11-14H2,1H3/t15-/m0/s1. The fourth-order valence-corrected chi connectivity index (χ4v) is 4.10. The molecular weight excluding hydrogens is 322 g/mol. The van der Waals surface area contributed by atoms with Gasteiger partial charge in [0.05, 0.1) is 17.6 Å². The first kappa shape index (κ1) is 17.0. The average molecular weight is 345 g/mol. The Morgan fingerprint density at radius 3 is 2.50 bits per heavy atom. The highest BCUT2D eigenvalue weighted by Gasteiger charge is 2.23. The summed E-state index contributed by atoms with van der Waals surface area (Å²) in [6.07, 6.45) is 4.98. The Hall–Kier alpha value is -1.79. The van der Waals surface area contributed by atoms with Gasteiger partial charge in [-0.1, -0.05) is 30.3 Å². The minimum atomic E-state index is -3.08. The van der Waals surface area contributed by atoms with E-state index in [-0.39, 0.29) is 0 Å². The van der Waals surface area contributed by atoms with Crippen LogP contribution in [0.5, 0.6) is 0 Å². The minimum absolute atomic E-state index is 0.466.